The number of hydrogen-bond donors (Lipinski definition) is 9. The van der Waals surface area contributed by atoms with Gasteiger partial charge in [-0.3, -0.25) is 19.2 Å². The fourth-order valence-corrected chi connectivity index (χ4v) is 13.0. The third kappa shape index (κ3) is 24.7. The van der Waals surface area contributed by atoms with E-state index in [9.17, 15) is 49.1 Å². The van der Waals surface area contributed by atoms with Crippen molar-refractivity contribution >= 4 is 74.4 Å². The molecule has 124 heavy (non-hydrogen) atoms. The number of nitrogens with one attached hydrogen (secondary N) is 4. The Balaban J connectivity index is 0.000000142. The summed E-state index contributed by atoms with van der Waals surface area (Å²) in [6.07, 6.45) is 7.21. The number of aliphatic hydroxyl groups is 4. The van der Waals surface area contributed by atoms with Crippen LogP contribution in [0.25, 0.3) is 90.1 Å². The highest BCUT2D eigenvalue weighted by Gasteiger charge is 2.21. The van der Waals surface area contributed by atoms with E-state index in [1.54, 1.807) is 73.3 Å². The molecule has 0 aliphatic rings. The smallest absolute Gasteiger partial charge is 0.230 e. The van der Waals surface area contributed by atoms with Crippen LogP contribution in [0, 0.1) is 5.82 Å². The lowest BCUT2D eigenvalue weighted by molar-refractivity contribution is -0.116. The molecule has 4 aromatic heterocycles. The molecular weight excluding hydrogens is 1650 g/mol. The number of aromatic hydroxyl groups is 1. The van der Waals surface area contributed by atoms with E-state index in [4.69, 9.17) is 31.5 Å². The summed E-state index contributed by atoms with van der Waals surface area (Å²) in [5.74, 6) is 0.538. The van der Waals surface area contributed by atoms with Crippen LogP contribution in [0.1, 0.15) is 44.5 Å². The van der Waals surface area contributed by atoms with Gasteiger partial charge in [0.15, 0.2) is 23.3 Å². The molecule has 0 aliphatic carbocycles. The van der Waals surface area contributed by atoms with Crippen molar-refractivity contribution < 1.29 is 49.1 Å². The van der Waals surface area contributed by atoms with Crippen LogP contribution in [-0.4, -0.2) is 89.0 Å². The molecule has 0 radical (unpaired) electrons. The second-order valence-corrected chi connectivity index (χ2v) is 29.5. The van der Waals surface area contributed by atoms with Gasteiger partial charge >= 0.3 is 0 Å². The summed E-state index contributed by atoms with van der Waals surface area (Å²) in [5, 5.41) is 58.5. The number of aliphatic hydroxyl groups excluding tert-OH is 4. The van der Waals surface area contributed by atoms with Gasteiger partial charge in [0.1, 0.15) is 34.3 Å². The summed E-state index contributed by atoms with van der Waals surface area (Å²) in [6.45, 7) is -0.0716. The summed E-state index contributed by atoms with van der Waals surface area (Å²) < 4.78 is 14.1. The summed E-state index contributed by atoms with van der Waals surface area (Å²) in [5.41, 5.74) is 18.4. The standard InChI is InChI=1S/C25H20BrN3O2.C25H20ClN3O2.C25H20FN3O2.C25H21N3O3/c3*26-21-12-8-17(9-13-21)14-23(31)29-25-24(20-4-2-1-3-5-20)28-22(15-27-25)19-10-6-18(16-30)7-11-19;29-16-18-6-10-19(11-7-18)22-15-26-25(24(27-22)20-4-2-1-3-5-20)28-23(31)14-17-8-12-21(30)13-9-17/h3*1-13,15,30H,14,16H2,(H,27,29,31);1-13,15,29-30H,14,16H2,(H,26,28,31). The van der Waals surface area contributed by atoms with E-state index in [1.165, 1.54) is 12.1 Å². The molecular formula is C100H81BrClFN12O9. The number of anilines is 4. The zero-order valence-corrected chi connectivity index (χ0v) is 68.9. The number of carbonyl (C=O) groups excluding carboxylic acids is 4. The number of phenols is 1. The Labute approximate surface area is 728 Å². The number of carbonyl (C=O) groups is 4. The maximum absolute atomic E-state index is 13.1. The van der Waals surface area contributed by atoms with Gasteiger partial charge < -0.3 is 46.8 Å². The first-order valence-electron chi connectivity index (χ1n) is 39.2. The third-order valence-corrected chi connectivity index (χ3v) is 20.0. The quantitative estimate of drug-likeness (QED) is 0.0271. The van der Waals surface area contributed by atoms with E-state index >= 15 is 0 Å². The second kappa shape index (κ2) is 43.4. The molecule has 0 bridgehead atoms. The van der Waals surface area contributed by atoms with E-state index in [0.29, 0.717) is 79.4 Å². The molecule has 0 atom stereocenters. The molecule has 12 aromatic carbocycles. The van der Waals surface area contributed by atoms with Crippen molar-refractivity contribution in [3.8, 4) is 95.8 Å². The molecule has 0 aliphatic heterocycles. The number of phenolic OH excluding ortho intramolecular Hbond substituents is 1. The number of hydrogen-bond acceptors (Lipinski definition) is 17. The van der Waals surface area contributed by atoms with Gasteiger partial charge in [0.05, 0.1) is 99.7 Å². The zero-order valence-electron chi connectivity index (χ0n) is 66.6. The predicted molar refractivity (Wildman–Crippen MR) is 485 cm³/mol. The van der Waals surface area contributed by atoms with Gasteiger partial charge in [-0.1, -0.05) is 294 Å². The van der Waals surface area contributed by atoms with E-state index < -0.39 is 0 Å². The van der Waals surface area contributed by atoms with Crippen LogP contribution in [0.3, 0.4) is 0 Å². The average molecular weight is 1730 g/mol. The largest absolute Gasteiger partial charge is 0.508 e. The summed E-state index contributed by atoms with van der Waals surface area (Å²) >= 11 is 9.32. The van der Waals surface area contributed by atoms with Gasteiger partial charge in [0, 0.05) is 54.0 Å². The van der Waals surface area contributed by atoms with Crippen LogP contribution in [0.2, 0.25) is 5.02 Å². The number of aromatic nitrogens is 8. The Hall–Kier alpha value is -14.8. The lowest BCUT2D eigenvalue weighted by Gasteiger charge is -2.12. The first kappa shape index (κ1) is 87.0. The van der Waals surface area contributed by atoms with Gasteiger partial charge in [-0.25, -0.2) is 44.3 Å². The van der Waals surface area contributed by atoms with Crippen molar-refractivity contribution in [2.24, 2.45) is 0 Å². The highest BCUT2D eigenvalue weighted by molar-refractivity contribution is 9.10. The molecule has 0 saturated heterocycles. The molecule has 0 spiro atoms. The van der Waals surface area contributed by atoms with Gasteiger partial charge in [0.2, 0.25) is 23.6 Å². The Bertz CT molecular complexity index is 5480. The van der Waals surface area contributed by atoms with Gasteiger partial charge in [-0.15, -0.1) is 0 Å². The van der Waals surface area contributed by atoms with Crippen LogP contribution in [0.15, 0.2) is 345 Å². The summed E-state index contributed by atoms with van der Waals surface area (Å²) in [7, 11) is 0. The van der Waals surface area contributed by atoms with Crippen LogP contribution in [0.4, 0.5) is 27.7 Å². The maximum atomic E-state index is 13.1. The highest BCUT2D eigenvalue weighted by atomic mass is 79.9. The number of benzene rings is 12. The topological polar surface area (TPSA) is 321 Å². The van der Waals surface area contributed by atoms with Gasteiger partial charge in [-0.2, -0.15) is 0 Å². The molecule has 4 heterocycles. The van der Waals surface area contributed by atoms with Gasteiger partial charge in [0.25, 0.3) is 0 Å². The molecule has 0 unspecified atom stereocenters. The Morgan fingerprint density at radius 3 is 0.742 bits per heavy atom. The summed E-state index contributed by atoms with van der Waals surface area (Å²) in [4.78, 5) is 87.6. The maximum Gasteiger partial charge on any atom is 0.230 e. The van der Waals surface area contributed by atoms with E-state index in [2.05, 4.69) is 57.1 Å². The zero-order chi connectivity index (χ0) is 86.5. The predicted octanol–water partition coefficient (Wildman–Crippen LogP) is 19.2. The molecule has 4 amide bonds. The van der Waals surface area contributed by atoms with Crippen molar-refractivity contribution in [1.82, 2.24) is 39.9 Å². The highest BCUT2D eigenvalue weighted by Crippen LogP contribution is 2.34. The minimum atomic E-state index is -0.344. The lowest BCUT2D eigenvalue weighted by atomic mass is 10.1. The SMILES string of the molecule is O=C(Cc1ccc(Br)cc1)Nc1ncc(-c2ccc(CO)cc2)nc1-c1ccccc1.O=C(Cc1ccc(Cl)cc1)Nc1ncc(-c2ccc(CO)cc2)nc1-c1ccccc1.O=C(Cc1ccc(F)cc1)Nc1ncc(-c2ccc(CO)cc2)nc1-c1ccccc1.O=C(Cc1ccc(O)cc1)Nc1ncc(-c2ccc(CO)cc2)nc1-c1ccccc1. The molecule has 16 aromatic rings. The number of halogens is 3. The normalized spacial score (nSPS) is 10.6. The number of rotatable bonds is 24. The monoisotopic (exact) mass is 1730 g/mol. The lowest BCUT2D eigenvalue weighted by Crippen LogP contribution is -2.16. The Kier molecular flexibility index (Phi) is 30.5. The second-order valence-electron chi connectivity index (χ2n) is 28.1. The average Bonchev–Trinajstić information content (AvgIpc) is 0.819. The third-order valence-electron chi connectivity index (χ3n) is 19.2. The Morgan fingerprint density at radius 1 is 0.282 bits per heavy atom. The van der Waals surface area contributed by atoms with E-state index in [1.807, 2.05) is 255 Å². The van der Waals surface area contributed by atoms with Crippen LogP contribution < -0.4 is 21.3 Å². The first-order chi connectivity index (χ1) is 60.5. The number of amides is 4. The molecule has 0 fully saturated rings. The molecule has 16 rings (SSSR count). The van der Waals surface area contributed by atoms with Crippen molar-refractivity contribution in [1.29, 1.82) is 0 Å². The van der Waals surface area contributed by atoms with Crippen LogP contribution in [-0.2, 0) is 71.3 Å². The van der Waals surface area contributed by atoms with Crippen LogP contribution in [0.5, 0.6) is 5.75 Å². The molecule has 9 N–H and O–H groups in total. The fraction of sp³-hybridized carbons (Fsp3) is 0.0800. The fourth-order valence-electron chi connectivity index (χ4n) is 12.7. The molecule has 21 nitrogen and oxygen atoms in total. The van der Waals surface area contributed by atoms with Crippen molar-refractivity contribution in [3.05, 3.63) is 400 Å². The summed E-state index contributed by atoms with van der Waals surface area (Å²) in [6, 6.07) is 95.3. The van der Waals surface area contributed by atoms with Crippen molar-refractivity contribution in [2.45, 2.75) is 52.1 Å². The molecule has 616 valence electrons. The van der Waals surface area contributed by atoms with Crippen LogP contribution >= 0.6 is 27.5 Å². The molecule has 0 saturated carbocycles. The van der Waals surface area contributed by atoms with E-state index in [0.717, 1.165) is 87.9 Å². The minimum Gasteiger partial charge on any atom is -0.508 e. The Morgan fingerprint density at radius 2 is 0.500 bits per heavy atom. The van der Waals surface area contributed by atoms with Crippen molar-refractivity contribution in [2.75, 3.05) is 21.3 Å². The number of nitrogens with zero attached hydrogens (tertiary/aromatic N) is 8. The first-order valence-corrected chi connectivity index (χ1v) is 40.4. The van der Waals surface area contributed by atoms with Crippen molar-refractivity contribution in [3.63, 3.8) is 0 Å². The van der Waals surface area contributed by atoms with E-state index in [-0.39, 0.29) is 87.3 Å². The van der Waals surface area contributed by atoms with Gasteiger partial charge in [-0.05, 0) is 93.0 Å². The minimum absolute atomic E-state index is 0.00936. The molecule has 24 heteroatoms.